The van der Waals surface area contributed by atoms with Crippen molar-refractivity contribution in [1.29, 1.82) is 0 Å². The fourth-order valence-corrected chi connectivity index (χ4v) is 3.18. The number of aromatic nitrogens is 1. The van der Waals surface area contributed by atoms with E-state index in [1.807, 2.05) is 6.92 Å². The van der Waals surface area contributed by atoms with Gasteiger partial charge < -0.3 is 10.3 Å². The van der Waals surface area contributed by atoms with E-state index in [-0.39, 0.29) is 17.5 Å². The van der Waals surface area contributed by atoms with Crippen LogP contribution in [0, 0.1) is 0 Å². The standard InChI is InChI=1S/C19H23N3O2/c1-3-16-8-15(10-18(23)21-16)19(24)20-11-17-9-13-6-4-5-7-14(13)12-22(17)2/h4-8,10,17H,3,9,11-12H2,1-2H3,(H,20,24)(H,21,23)/t17-/m1/s1. The molecule has 1 aliphatic heterocycles. The number of carbonyl (C=O) groups is 1. The molecule has 1 aromatic heterocycles. The molecule has 0 bridgehead atoms. The highest BCUT2D eigenvalue weighted by Gasteiger charge is 2.23. The first-order chi connectivity index (χ1) is 11.6. The molecule has 126 valence electrons. The van der Waals surface area contributed by atoms with Crippen LogP contribution >= 0.6 is 0 Å². The minimum atomic E-state index is -0.233. The van der Waals surface area contributed by atoms with E-state index < -0.39 is 0 Å². The third kappa shape index (κ3) is 3.57. The molecule has 2 N–H and O–H groups in total. The van der Waals surface area contributed by atoms with Gasteiger partial charge in [-0.25, -0.2) is 0 Å². The van der Waals surface area contributed by atoms with Crippen molar-refractivity contribution >= 4 is 5.91 Å². The average molecular weight is 325 g/mol. The second-order valence-electron chi connectivity index (χ2n) is 6.36. The van der Waals surface area contributed by atoms with Crippen LogP contribution < -0.4 is 10.9 Å². The van der Waals surface area contributed by atoms with Crippen LogP contribution in [0.2, 0.25) is 0 Å². The summed E-state index contributed by atoms with van der Waals surface area (Å²) < 4.78 is 0. The molecule has 24 heavy (non-hydrogen) atoms. The maximum atomic E-state index is 12.4. The molecule has 0 saturated heterocycles. The molecule has 1 amide bonds. The van der Waals surface area contributed by atoms with Gasteiger partial charge >= 0.3 is 0 Å². The van der Waals surface area contributed by atoms with Gasteiger partial charge in [0.15, 0.2) is 0 Å². The summed E-state index contributed by atoms with van der Waals surface area (Å²) in [4.78, 5) is 29.0. The maximum Gasteiger partial charge on any atom is 0.251 e. The highest BCUT2D eigenvalue weighted by atomic mass is 16.2. The second-order valence-corrected chi connectivity index (χ2v) is 6.36. The quantitative estimate of drug-likeness (QED) is 0.900. The second kappa shape index (κ2) is 7.01. The zero-order valence-electron chi connectivity index (χ0n) is 14.1. The lowest BCUT2D eigenvalue weighted by Gasteiger charge is -2.34. The smallest absolute Gasteiger partial charge is 0.251 e. The van der Waals surface area contributed by atoms with Gasteiger partial charge in [-0.2, -0.15) is 0 Å². The minimum Gasteiger partial charge on any atom is -0.350 e. The van der Waals surface area contributed by atoms with E-state index in [0.29, 0.717) is 18.5 Å². The fourth-order valence-electron chi connectivity index (χ4n) is 3.18. The molecule has 5 nitrogen and oxygen atoms in total. The van der Waals surface area contributed by atoms with Crippen molar-refractivity contribution < 1.29 is 4.79 Å². The fraction of sp³-hybridized carbons (Fsp3) is 0.368. The highest BCUT2D eigenvalue weighted by Crippen LogP contribution is 2.21. The Hall–Kier alpha value is -2.40. The molecule has 1 aromatic carbocycles. The van der Waals surface area contributed by atoms with Crippen molar-refractivity contribution in [2.75, 3.05) is 13.6 Å². The molecule has 2 heterocycles. The molecule has 0 unspecified atom stereocenters. The summed E-state index contributed by atoms with van der Waals surface area (Å²) in [5, 5.41) is 2.98. The molecule has 1 aliphatic rings. The molecule has 1 atom stereocenters. The Morgan fingerprint density at radius 2 is 2.04 bits per heavy atom. The van der Waals surface area contributed by atoms with Crippen molar-refractivity contribution in [1.82, 2.24) is 15.2 Å². The van der Waals surface area contributed by atoms with Crippen LogP contribution in [0.5, 0.6) is 0 Å². The Kier molecular flexibility index (Phi) is 4.81. The van der Waals surface area contributed by atoms with E-state index in [9.17, 15) is 9.59 Å². The third-order valence-electron chi connectivity index (χ3n) is 4.66. The summed E-state index contributed by atoms with van der Waals surface area (Å²) in [5.41, 5.74) is 3.66. The number of pyridine rings is 1. The van der Waals surface area contributed by atoms with Crippen LogP contribution in [0.3, 0.4) is 0 Å². The molecular formula is C19H23N3O2. The average Bonchev–Trinajstić information content (AvgIpc) is 2.59. The number of aromatic amines is 1. The lowest BCUT2D eigenvalue weighted by Crippen LogP contribution is -2.45. The van der Waals surface area contributed by atoms with Gasteiger partial charge in [-0.15, -0.1) is 0 Å². The summed E-state index contributed by atoms with van der Waals surface area (Å²) in [6, 6.07) is 11.8. The zero-order valence-corrected chi connectivity index (χ0v) is 14.1. The Bertz CT molecular complexity index is 797. The van der Waals surface area contributed by atoms with E-state index in [1.54, 1.807) is 6.07 Å². The lowest BCUT2D eigenvalue weighted by atomic mass is 9.94. The van der Waals surface area contributed by atoms with E-state index in [4.69, 9.17) is 0 Å². The number of aryl methyl sites for hydroxylation is 1. The van der Waals surface area contributed by atoms with Gasteiger partial charge in [0.05, 0.1) is 0 Å². The number of nitrogens with one attached hydrogen (secondary N) is 2. The van der Waals surface area contributed by atoms with E-state index in [1.165, 1.54) is 17.2 Å². The number of amides is 1. The first-order valence-corrected chi connectivity index (χ1v) is 8.35. The van der Waals surface area contributed by atoms with Gasteiger partial charge in [-0.3, -0.25) is 14.5 Å². The van der Waals surface area contributed by atoms with Gasteiger partial charge in [-0.05, 0) is 37.1 Å². The molecule has 0 saturated carbocycles. The van der Waals surface area contributed by atoms with Gasteiger partial charge in [-0.1, -0.05) is 31.2 Å². The van der Waals surface area contributed by atoms with E-state index in [2.05, 4.69) is 46.5 Å². The van der Waals surface area contributed by atoms with Crippen LogP contribution in [-0.2, 0) is 19.4 Å². The predicted molar refractivity (Wildman–Crippen MR) is 94.2 cm³/mol. The third-order valence-corrected chi connectivity index (χ3v) is 4.66. The molecule has 5 heteroatoms. The van der Waals surface area contributed by atoms with Crippen molar-refractivity contribution in [3.8, 4) is 0 Å². The lowest BCUT2D eigenvalue weighted by molar-refractivity contribution is 0.0934. The summed E-state index contributed by atoms with van der Waals surface area (Å²) >= 11 is 0. The van der Waals surface area contributed by atoms with Gasteiger partial charge in [0, 0.05) is 36.5 Å². The largest absolute Gasteiger partial charge is 0.350 e. The monoisotopic (exact) mass is 325 g/mol. The van der Waals surface area contributed by atoms with E-state index in [0.717, 1.165) is 18.7 Å². The van der Waals surface area contributed by atoms with Crippen molar-refractivity contribution in [2.45, 2.75) is 32.4 Å². The van der Waals surface area contributed by atoms with Crippen LogP contribution in [0.1, 0.15) is 34.1 Å². The summed E-state index contributed by atoms with van der Waals surface area (Å²) in [5.74, 6) is -0.192. The first kappa shape index (κ1) is 16.5. The summed E-state index contributed by atoms with van der Waals surface area (Å²) in [6.45, 7) is 3.40. The van der Waals surface area contributed by atoms with Crippen molar-refractivity contribution in [3.05, 3.63) is 69.1 Å². The van der Waals surface area contributed by atoms with Crippen LogP contribution in [0.25, 0.3) is 0 Å². The summed E-state index contributed by atoms with van der Waals surface area (Å²) in [6.07, 6.45) is 1.61. The molecular weight excluding hydrogens is 302 g/mol. The number of likely N-dealkylation sites (N-methyl/N-ethyl adjacent to an activating group) is 1. The number of carbonyl (C=O) groups excluding carboxylic acids is 1. The van der Waals surface area contributed by atoms with Crippen molar-refractivity contribution in [3.63, 3.8) is 0 Å². The van der Waals surface area contributed by atoms with Crippen LogP contribution in [0.15, 0.2) is 41.2 Å². The normalized spacial score (nSPS) is 17.3. The number of nitrogens with zero attached hydrogens (tertiary/aromatic N) is 1. The molecule has 0 fully saturated rings. The molecule has 0 aliphatic carbocycles. The zero-order chi connectivity index (χ0) is 17.1. The number of rotatable bonds is 4. The SMILES string of the molecule is CCc1cc(C(=O)NC[C@H]2Cc3ccccc3CN2C)cc(=O)[nH]1. The number of benzene rings is 1. The van der Waals surface area contributed by atoms with Crippen LogP contribution in [0.4, 0.5) is 0 Å². The highest BCUT2D eigenvalue weighted by molar-refractivity contribution is 5.94. The molecule has 0 spiro atoms. The molecule has 2 aromatic rings. The Morgan fingerprint density at radius 1 is 1.29 bits per heavy atom. The van der Waals surface area contributed by atoms with Gasteiger partial charge in [0.25, 0.3) is 5.91 Å². The van der Waals surface area contributed by atoms with Gasteiger partial charge in [0.2, 0.25) is 5.56 Å². The topological polar surface area (TPSA) is 65.2 Å². The Morgan fingerprint density at radius 3 is 2.79 bits per heavy atom. The number of hydrogen-bond donors (Lipinski definition) is 2. The number of hydrogen-bond acceptors (Lipinski definition) is 3. The molecule has 0 radical (unpaired) electrons. The van der Waals surface area contributed by atoms with Crippen LogP contribution in [-0.4, -0.2) is 35.4 Å². The maximum absolute atomic E-state index is 12.4. The Balaban J connectivity index is 1.66. The Labute approximate surface area is 141 Å². The molecule has 3 rings (SSSR count). The van der Waals surface area contributed by atoms with Crippen molar-refractivity contribution in [2.24, 2.45) is 0 Å². The first-order valence-electron chi connectivity index (χ1n) is 8.35. The summed E-state index contributed by atoms with van der Waals surface area (Å²) in [7, 11) is 2.08. The number of fused-ring (bicyclic) bond motifs is 1. The van der Waals surface area contributed by atoms with E-state index >= 15 is 0 Å². The predicted octanol–water partition coefficient (Wildman–Crippen LogP) is 1.72. The minimum absolute atomic E-state index is 0.192. The van der Waals surface area contributed by atoms with Gasteiger partial charge in [0.1, 0.15) is 0 Å². The number of H-pyrrole nitrogens is 1.